The van der Waals surface area contributed by atoms with E-state index in [1.54, 1.807) is 0 Å². The first-order valence-corrected chi connectivity index (χ1v) is 9.07. The highest BCUT2D eigenvalue weighted by Crippen LogP contribution is 2.21. The lowest BCUT2D eigenvalue weighted by Crippen LogP contribution is -2.40. The minimum absolute atomic E-state index is 0.751. The zero-order chi connectivity index (χ0) is 15.9. The highest BCUT2D eigenvalue weighted by atomic mass is 15.2. The maximum absolute atomic E-state index is 4.24. The van der Waals surface area contributed by atoms with Crippen molar-refractivity contribution in [1.82, 2.24) is 14.5 Å². The highest BCUT2D eigenvalue weighted by Gasteiger charge is 2.21. The van der Waals surface area contributed by atoms with Crippen LogP contribution in [0.15, 0.2) is 42.9 Å². The third-order valence-corrected chi connectivity index (χ3v) is 5.13. The van der Waals surface area contributed by atoms with Crippen molar-refractivity contribution in [2.24, 2.45) is 0 Å². The van der Waals surface area contributed by atoms with Crippen molar-refractivity contribution in [2.75, 3.05) is 13.1 Å². The van der Waals surface area contributed by atoms with E-state index < -0.39 is 0 Å². The van der Waals surface area contributed by atoms with Crippen molar-refractivity contribution in [3.05, 3.63) is 54.1 Å². The van der Waals surface area contributed by atoms with E-state index in [9.17, 15) is 0 Å². The van der Waals surface area contributed by atoms with Gasteiger partial charge in [0.25, 0.3) is 0 Å². The lowest BCUT2D eigenvalue weighted by Gasteiger charge is -2.36. The molecule has 3 heteroatoms. The van der Waals surface area contributed by atoms with Crippen molar-refractivity contribution < 1.29 is 0 Å². The molecule has 2 heterocycles. The molecular formula is C20H29N3. The molecule has 0 N–H and O–H groups in total. The second-order valence-corrected chi connectivity index (χ2v) is 6.79. The molecule has 0 saturated carbocycles. The van der Waals surface area contributed by atoms with E-state index in [0.29, 0.717) is 0 Å². The van der Waals surface area contributed by atoms with Gasteiger partial charge in [0, 0.05) is 24.5 Å². The van der Waals surface area contributed by atoms with Gasteiger partial charge < -0.3 is 9.47 Å². The number of hydrogen-bond acceptors (Lipinski definition) is 2. The Morgan fingerprint density at radius 2 is 2.00 bits per heavy atom. The lowest BCUT2D eigenvalue weighted by atomic mass is 9.98. The molecule has 2 aromatic rings. The van der Waals surface area contributed by atoms with Gasteiger partial charge in [-0.3, -0.25) is 0 Å². The number of benzene rings is 1. The molecule has 0 spiro atoms. The zero-order valence-electron chi connectivity index (χ0n) is 14.3. The molecule has 23 heavy (non-hydrogen) atoms. The topological polar surface area (TPSA) is 21.1 Å². The summed E-state index contributed by atoms with van der Waals surface area (Å²) >= 11 is 0. The number of hydrogen-bond donors (Lipinski definition) is 0. The quantitative estimate of drug-likeness (QED) is 0.768. The largest absolute Gasteiger partial charge is 0.335 e. The number of aromatic nitrogens is 2. The molecule has 3 nitrogen and oxygen atoms in total. The van der Waals surface area contributed by atoms with E-state index >= 15 is 0 Å². The molecule has 1 fully saturated rings. The van der Waals surface area contributed by atoms with Gasteiger partial charge in [-0.2, -0.15) is 0 Å². The third-order valence-electron chi connectivity index (χ3n) is 5.13. The predicted molar refractivity (Wildman–Crippen MR) is 95.6 cm³/mol. The van der Waals surface area contributed by atoms with Crippen molar-refractivity contribution in [2.45, 2.75) is 58.0 Å². The molecular weight excluding hydrogens is 282 g/mol. The van der Waals surface area contributed by atoms with Crippen molar-refractivity contribution in [3.8, 4) is 0 Å². The van der Waals surface area contributed by atoms with Gasteiger partial charge in [0.15, 0.2) is 0 Å². The van der Waals surface area contributed by atoms with Gasteiger partial charge >= 0.3 is 0 Å². The Morgan fingerprint density at radius 1 is 1.13 bits per heavy atom. The zero-order valence-corrected chi connectivity index (χ0v) is 14.3. The molecule has 124 valence electrons. The number of nitrogens with zero attached hydrogens (tertiary/aromatic N) is 3. The Bertz CT molecular complexity index is 576. The summed E-state index contributed by atoms with van der Waals surface area (Å²) in [5.41, 5.74) is 2.74. The molecule has 0 bridgehead atoms. The van der Waals surface area contributed by atoms with Crippen LogP contribution in [0.2, 0.25) is 0 Å². The molecule has 0 aliphatic carbocycles. The Morgan fingerprint density at radius 3 is 2.78 bits per heavy atom. The number of aryl methyl sites for hydroxylation is 3. The second kappa shape index (κ2) is 8.30. The molecule has 0 radical (unpaired) electrons. The smallest absolute Gasteiger partial charge is 0.0948 e. The fourth-order valence-electron chi connectivity index (χ4n) is 3.72. The molecule has 3 rings (SSSR count). The van der Waals surface area contributed by atoms with Gasteiger partial charge in [-0.15, -0.1) is 0 Å². The van der Waals surface area contributed by atoms with Gasteiger partial charge in [-0.25, -0.2) is 4.98 Å². The minimum Gasteiger partial charge on any atom is -0.335 e. The van der Waals surface area contributed by atoms with Crippen molar-refractivity contribution >= 4 is 0 Å². The van der Waals surface area contributed by atoms with Gasteiger partial charge in [0.1, 0.15) is 0 Å². The lowest BCUT2D eigenvalue weighted by molar-refractivity contribution is 0.134. The van der Waals surface area contributed by atoms with E-state index in [-0.39, 0.29) is 0 Å². The van der Waals surface area contributed by atoms with Crippen LogP contribution in [-0.2, 0) is 13.0 Å². The summed E-state index contributed by atoms with van der Waals surface area (Å²) < 4.78 is 2.29. The molecule has 1 saturated heterocycles. The summed E-state index contributed by atoms with van der Waals surface area (Å²) in [5, 5.41) is 0. The summed E-state index contributed by atoms with van der Waals surface area (Å²) in [6.07, 6.45) is 11.8. The van der Waals surface area contributed by atoms with Gasteiger partial charge in [0.05, 0.1) is 6.33 Å². The van der Waals surface area contributed by atoms with Crippen LogP contribution >= 0.6 is 0 Å². The SMILES string of the molecule is Cc1cncn1CCC1CCCCN1CCCc1ccccc1. The Hall–Kier alpha value is -1.61. The maximum Gasteiger partial charge on any atom is 0.0948 e. The fraction of sp³-hybridized carbons (Fsp3) is 0.550. The Labute approximate surface area is 140 Å². The summed E-state index contributed by atoms with van der Waals surface area (Å²) in [6.45, 7) is 5.77. The summed E-state index contributed by atoms with van der Waals surface area (Å²) in [7, 11) is 0. The van der Waals surface area contributed by atoms with E-state index in [4.69, 9.17) is 0 Å². The van der Waals surface area contributed by atoms with Crippen LogP contribution in [0.3, 0.4) is 0 Å². The van der Waals surface area contributed by atoms with E-state index in [1.165, 1.54) is 62.9 Å². The average molecular weight is 311 g/mol. The predicted octanol–water partition coefficient (Wildman–Crippen LogP) is 4.07. The van der Waals surface area contributed by atoms with Crippen LogP contribution in [0, 0.1) is 6.92 Å². The maximum atomic E-state index is 4.24. The van der Waals surface area contributed by atoms with Gasteiger partial charge in [-0.1, -0.05) is 36.8 Å². The van der Waals surface area contributed by atoms with Crippen LogP contribution in [0.25, 0.3) is 0 Å². The monoisotopic (exact) mass is 311 g/mol. The normalized spacial score (nSPS) is 19.1. The standard InChI is InChI=1S/C20H29N3/c1-18-16-21-17-23(18)15-12-20-11-5-6-13-22(20)14-7-10-19-8-3-2-4-9-19/h2-4,8-9,16-17,20H,5-7,10-15H2,1H3. The first-order chi connectivity index (χ1) is 11.3. The van der Waals surface area contributed by atoms with Crippen LogP contribution in [0.5, 0.6) is 0 Å². The molecule has 1 unspecified atom stereocenters. The summed E-state index contributed by atoms with van der Waals surface area (Å²) in [4.78, 5) is 6.97. The number of piperidine rings is 1. The first-order valence-electron chi connectivity index (χ1n) is 9.07. The number of likely N-dealkylation sites (tertiary alicyclic amines) is 1. The average Bonchev–Trinajstić information content (AvgIpc) is 3.00. The fourth-order valence-corrected chi connectivity index (χ4v) is 3.72. The van der Waals surface area contributed by atoms with E-state index in [2.05, 4.69) is 51.7 Å². The Kier molecular flexibility index (Phi) is 5.87. The van der Waals surface area contributed by atoms with Crippen LogP contribution in [0.1, 0.15) is 43.4 Å². The molecule has 0 amide bonds. The highest BCUT2D eigenvalue weighted by molar-refractivity contribution is 5.14. The second-order valence-electron chi connectivity index (χ2n) is 6.79. The van der Waals surface area contributed by atoms with Crippen molar-refractivity contribution in [1.29, 1.82) is 0 Å². The third kappa shape index (κ3) is 4.68. The minimum atomic E-state index is 0.751. The Balaban J connectivity index is 1.47. The molecule has 1 atom stereocenters. The summed E-state index contributed by atoms with van der Waals surface area (Å²) in [5.74, 6) is 0. The van der Waals surface area contributed by atoms with Gasteiger partial charge in [-0.05, 0) is 57.7 Å². The number of imidazole rings is 1. The molecule has 1 aliphatic rings. The van der Waals surface area contributed by atoms with Gasteiger partial charge in [0.2, 0.25) is 0 Å². The first kappa shape index (κ1) is 16.3. The molecule has 1 aromatic heterocycles. The van der Waals surface area contributed by atoms with Crippen molar-refractivity contribution in [3.63, 3.8) is 0 Å². The van der Waals surface area contributed by atoms with E-state index in [0.717, 1.165) is 12.6 Å². The summed E-state index contributed by atoms with van der Waals surface area (Å²) in [6, 6.07) is 11.6. The molecule has 1 aromatic carbocycles. The van der Waals surface area contributed by atoms with Crippen LogP contribution in [0.4, 0.5) is 0 Å². The van der Waals surface area contributed by atoms with E-state index in [1.807, 2.05) is 12.5 Å². The van der Waals surface area contributed by atoms with Crippen LogP contribution in [-0.4, -0.2) is 33.6 Å². The molecule has 1 aliphatic heterocycles. The number of rotatable bonds is 7. The van der Waals surface area contributed by atoms with Crippen LogP contribution < -0.4 is 0 Å².